The fourth-order valence-electron chi connectivity index (χ4n) is 1.88. The summed E-state index contributed by atoms with van der Waals surface area (Å²) in [5.74, 6) is 2.28. The quantitative estimate of drug-likeness (QED) is 0.847. The van der Waals surface area contributed by atoms with Gasteiger partial charge in [-0.15, -0.1) is 0 Å². The third kappa shape index (κ3) is 2.88. The highest BCUT2D eigenvalue weighted by Crippen LogP contribution is 2.40. The number of benzene rings is 1. The van der Waals surface area contributed by atoms with Crippen molar-refractivity contribution >= 4 is 0 Å². The molecule has 0 aromatic heterocycles. The zero-order chi connectivity index (χ0) is 13.7. The summed E-state index contributed by atoms with van der Waals surface area (Å²) in [7, 11) is 4.81. The Morgan fingerprint density at radius 3 is 1.89 bits per heavy atom. The summed E-state index contributed by atoms with van der Waals surface area (Å²) < 4.78 is 15.9. The Labute approximate surface area is 109 Å². The lowest BCUT2D eigenvalue weighted by Crippen LogP contribution is -2.18. The molecule has 0 fully saturated rings. The Hall–Kier alpha value is -1.42. The average molecular weight is 253 g/mol. The van der Waals surface area contributed by atoms with Crippen LogP contribution in [0.25, 0.3) is 0 Å². The lowest BCUT2D eigenvalue weighted by molar-refractivity contribution is 0.322. The predicted molar refractivity (Wildman–Crippen MR) is 72.5 cm³/mol. The summed E-state index contributed by atoms with van der Waals surface area (Å²) in [6.45, 7) is 4.26. The molecule has 0 radical (unpaired) electrons. The Balaban J connectivity index is 3.22. The van der Waals surface area contributed by atoms with E-state index < -0.39 is 0 Å². The molecule has 0 heterocycles. The van der Waals surface area contributed by atoms with Crippen molar-refractivity contribution in [2.45, 2.75) is 26.3 Å². The van der Waals surface area contributed by atoms with E-state index in [4.69, 9.17) is 19.9 Å². The molecule has 0 bridgehead atoms. The molecule has 1 aromatic rings. The normalized spacial score (nSPS) is 13.9. The molecule has 1 rings (SSSR count). The van der Waals surface area contributed by atoms with E-state index in [1.807, 2.05) is 12.1 Å². The average Bonchev–Trinajstić information content (AvgIpc) is 2.43. The largest absolute Gasteiger partial charge is 0.493 e. The molecule has 0 saturated heterocycles. The van der Waals surface area contributed by atoms with Crippen molar-refractivity contribution in [3.05, 3.63) is 17.7 Å². The molecule has 4 heteroatoms. The first kappa shape index (κ1) is 14.6. The van der Waals surface area contributed by atoms with Gasteiger partial charge in [0.15, 0.2) is 11.5 Å². The molecular weight excluding hydrogens is 230 g/mol. The third-order valence-corrected chi connectivity index (χ3v) is 3.33. The summed E-state index contributed by atoms with van der Waals surface area (Å²) in [6, 6.07) is 3.79. The molecular formula is C14H23NO3. The van der Waals surface area contributed by atoms with Gasteiger partial charge in [-0.2, -0.15) is 0 Å². The van der Waals surface area contributed by atoms with E-state index in [-0.39, 0.29) is 6.04 Å². The van der Waals surface area contributed by atoms with Crippen molar-refractivity contribution < 1.29 is 14.2 Å². The van der Waals surface area contributed by atoms with E-state index in [1.54, 1.807) is 21.3 Å². The van der Waals surface area contributed by atoms with Gasteiger partial charge in [0.1, 0.15) is 0 Å². The maximum absolute atomic E-state index is 6.24. The van der Waals surface area contributed by atoms with Gasteiger partial charge in [-0.1, -0.05) is 20.3 Å². The van der Waals surface area contributed by atoms with Crippen LogP contribution < -0.4 is 19.9 Å². The van der Waals surface area contributed by atoms with Gasteiger partial charge < -0.3 is 19.9 Å². The van der Waals surface area contributed by atoms with Crippen LogP contribution in [0.3, 0.4) is 0 Å². The minimum absolute atomic E-state index is 0.0382. The van der Waals surface area contributed by atoms with Gasteiger partial charge >= 0.3 is 0 Å². The maximum Gasteiger partial charge on any atom is 0.203 e. The SMILES string of the molecule is CCC(C)C(N)c1cc(OC)c(OC)c(OC)c1. The van der Waals surface area contributed by atoms with Gasteiger partial charge in [0.2, 0.25) is 5.75 Å². The molecule has 4 nitrogen and oxygen atoms in total. The minimum Gasteiger partial charge on any atom is -0.493 e. The Morgan fingerprint density at radius 1 is 1.06 bits per heavy atom. The molecule has 2 N–H and O–H groups in total. The molecule has 2 unspecified atom stereocenters. The molecule has 0 aliphatic rings. The fourth-order valence-corrected chi connectivity index (χ4v) is 1.88. The van der Waals surface area contributed by atoms with E-state index in [0.717, 1.165) is 12.0 Å². The van der Waals surface area contributed by atoms with Crippen LogP contribution >= 0.6 is 0 Å². The van der Waals surface area contributed by atoms with Gasteiger partial charge in [0.05, 0.1) is 21.3 Å². The number of hydrogen-bond donors (Lipinski definition) is 1. The molecule has 0 amide bonds. The predicted octanol–water partition coefficient (Wildman–Crippen LogP) is 2.76. The van der Waals surface area contributed by atoms with Crippen LogP contribution in [0.15, 0.2) is 12.1 Å². The smallest absolute Gasteiger partial charge is 0.203 e. The standard InChI is InChI=1S/C14H23NO3/c1-6-9(2)13(15)10-7-11(16-3)14(18-5)12(8-10)17-4/h7-9,13H,6,15H2,1-5H3. The number of nitrogens with two attached hydrogens (primary N) is 1. The first-order valence-electron chi connectivity index (χ1n) is 6.14. The lowest BCUT2D eigenvalue weighted by atomic mass is 9.93. The van der Waals surface area contributed by atoms with E-state index >= 15 is 0 Å². The molecule has 2 atom stereocenters. The van der Waals surface area contributed by atoms with E-state index in [2.05, 4.69) is 13.8 Å². The van der Waals surface area contributed by atoms with Gasteiger partial charge in [-0.05, 0) is 23.6 Å². The van der Waals surface area contributed by atoms with E-state index in [1.165, 1.54) is 0 Å². The van der Waals surface area contributed by atoms with Crippen LogP contribution in [-0.2, 0) is 0 Å². The Kier molecular flexibility index (Phi) is 5.28. The van der Waals surface area contributed by atoms with Gasteiger partial charge in [-0.3, -0.25) is 0 Å². The maximum atomic E-state index is 6.24. The zero-order valence-corrected chi connectivity index (χ0v) is 11.8. The minimum atomic E-state index is -0.0382. The first-order chi connectivity index (χ1) is 8.58. The van der Waals surface area contributed by atoms with Crippen molar-refractivity contribution in [1.82, 2.24) is 0 Å². The summed E-state index contributed by atoms with van der Waals surface area (Å²) in [6.07, 6.45) is 1.03. The monoisotopic (exact) mass is 253 g/mol. The van der Waals surface area contributed by atoms with Crippen LogP contribution in [-0.4, -0.2) is 21.3 Å². The van der Waals surface area contributed by atoms with Gasteiger partial charge in [0, 0.05) is 6.04 Å². The summed E-state index contributed by atoms with van der Waals surface area (Å²) >= 11 is 0. The van der Waals surface area contributed by atoms with Crippen molar-refractivity contribution in [1.29, 1.82) is 0 Å². The second kappa shape index (κ2) is 6.50. The van der Waals surface area contributed by atoms with Crippen LogP contribution in [0.5, 0.6) is 17.2 Å². The van der Waals surface area contributed by atoms with Crippen molar-refractivity contribution in [2.75, 3.05) is 21.3 Å². The topological polar surface area (TPSA) is 53.7 Å². The lowest BCUT2D eigenvalue weighted by Gasteiger charge is -2.21. The second-order valence-electron chi connectivity index (χ2n) is 4.37. The van der Waals surface area contributed by atoms with Crippen LogP contribution in [0.4, 0.5) is 0 Å². The summed E-state index contributed by atoms with van der Waals surface area (Å²) in [5.41, 5.74) is 7.23. The van der Waals surface area contributed by atoms with Crippen molar-refractivity contribution in [3.8, 4) is 17.2 Å². The first-order valence-corrected chi connectivity index (χ1v) is 6.14. The summed E-state index contributed by atoms with van der Waals surface area (Å²) in [4.78, 5) is 0. The van der Waals surface area contributed by atoms with E-state index in [9.17, 15) is 0 Å². The molecule has 102 valence electrons. The summed E-state index contributed by atoms with van der Waals surface area (Å²) in [5, 5.41) is 0. The highest BCUT2D eigenvalue weighted by molar-refractivity contribution is 5.54. The molecule has 18 heavy (non-hydrogen) atoms. The second-order valence-corrected chi connectivity index (χ2v) is 4.37. The zero-order valence-electron chi connectivity index (χ0n) is 11.8. The Morgan fingerprint density at radius 2 is 1.56 bits per heavy atom. The highest BCUT2D eigenvalue weighted by atomic mass is 16.5. The number of rotatable bonds is 6. The van der Waals surface area contributed by atoms with Crippen molar-refractivity contribution in [2.24, 2.45) is 11.7 Å². The van der Waals surface area contributed by atoms with Crippen LogP contribution in [0.1, 0.15) is 31.9 Å². The molecule has 0 aliphatic heterocycles. The van der Waals surface area contributed by atoms with Gasteiger partial charge in [-0.25, -0.2) is 0 Å². The Bertz CT molecular complexity index is 368. The van der Waals surface area contributed by atoms with E-state index in [0.29, 0.717) is 23.2 Å². The third-order valence-electron chi connectivity index (χ3n) is 3.33. The van der Waals surface area contributed by atoms with Gasteiger partial charge in [0.25, 0.3) is 0 Å². The fraction of sp³-hybridized carbons (Fsp3) is 0.571. The number of ether oxygens (including phenoxy) is 3. The number of methoxy groups -OCH3 is 3. The molecule has 0 aliphatic carbocycles. The highest BCUT2D eigenvalue weighted by Gasteiger charge is 2.19. The van der Waals surface area contributed by atoms with Crippen LogP contribution in [0, 0.1) is 5.92 Å². The molecule has 0 spiro atoms. The number of hydrogen-bond acceptors (Lipinski definition) is 4. The molecule has 0 saturated carbocycles. The van der Waals surface area contributed by atoms with Crippen molar-refractivity contribution in [3.63, 3.8) is 0 Å². The molecule has 1 aromatic carbocycles. The van der Waals surface area contributed by atoms with Crippen LogP contribution in [0.2, 0.25) is 0 Å².